The second kappa shape index (κ2) is 6.96. The molecule has 1 aromatic carbocycles. The Kier molecular flexibility index (Phi) is 4.51. The topological polar surface area (TPSA) is 50.9 Å². The summed E-state index contributed by atoms with van der Waals surface area (Å²) in [5, 5.41) is 12.6. The van der Waals surface area contributed by atoms with Crippen molar-refractivity contribution in [3.8, 4) is 11.3 Å². The van der Waals surface area contributed by atoms with Crippen molar-refractivity contribution in [2.45, 2.75) is 25.9 Å². The minimum Gasteiger partial charge on any atom is -0.354 e. The zero-order chi connectivity index (χ0) is 18.1. The fraction of sp³-hybridized carbons (Fsp3) is 0.400. The molecule has 6 nitrogen and oxygen atoms in total. The first kappa shape index (κ1) is 16.8. The van der Waals surface area contributed by atoms with Gasteiger partial charge in [0, 0.05) is 63.8 Å². The molecular weight excluding hydrogens is 324 g/mol. The van der Waals surface area contributed by atoms with Crippen LogP contribution in [0.2, 0.25) is 0 Å². The normalized spacial score (nSPS) is 17.2. The average Bonchev–Trinajstić information content (AvgIpc) is 3.34. The molecule has 0 amide bonds. The van der Waals surface area contributed by atoms with E-state index >= 15 is 0 Å². The molecule has 1 aliphatic heterocycles. The number of benzene rings is 1. The lowest BCUT2D eigenvalue weighted by molar-refractivity contribution is 0.551. The number of aromatic nitrogens is 4. The molecule has 26 heavy (non-hydrogen) atoms. The summed E-state index contributed by atoms with van der Waals surface area (Å²) in [7, 11) is 3.96. The van der Waals surface area contributed by atoms with E-state index < -0.39 is 0 Å². The number of aryl methyl sites for hydroxylation is 3. The van der Waals surface area contributed by atoms with Crippen molar-refractivity contribution >= 4 is 5.82 Å². The summed E-state index contributed by atoms with van der Waals surface area (Å²) >= 11 is 0. The van der Waals surface area contributed by atoms with Crippen LogP contribution in [0.4, 0.5) is 5.82 Å². The molecule has 0 unspecified atom stereocenters. The number of hydrogen-bond acceptors (Lipinski definition) is 4. The smallest absolute Gasteiger partial charge is 0.150 e. The number of anilines is 1. The monoisotopic (exact) mass is 350 g/mol. The summed E-state index contributed by atoms with van der Waals surface area (Å²) < 4.78 is 3.80. The Labute approximate surface area is 154 Å². The van der Waals surface area contributed by atoms with Crippen molar-refractivity contribution in [2.75, 3.05) is 18.0 Å². The maximum absolute atomic E-state index is 4.52. The Morgan fingerprint density at radius 2 is 2.08 bits per heavy atom. The summed E-state index contributed by atoms with van der Waals surface area (Å²) in [6.45, 7) is 5.06. The van der Waals surface area contributed by atoms with Crippen LogP contribution < -0.4 is 10.2 Å². The van der Waals surface area contributed by atoms with Gasteiger partial charge in [-0.05, 0) is 31.0 Å². The summed E-state index contributed by atoms with van der Waals surface area (Å²) in [5.41, 5.74) is 5.01. The van der Waals surface area contributed by atoms with Crippen LogP contribution in [0.25, 0.3) is 11.3 Å². The zero-order valence-electron chi connectivity index (χ0n) is 15.7. The van der Waals surface area contributed by atoms with Crippen LogP contribution >= 0.6 is 0 Å². The van der Waals surface area contributed by atoms with Gasteiger partial charge in [0.2, 0.25) is 0 Å². The predicted molar refractivity (Wildman–Crippen MR) is 104 cm³/mol. The van der Waals surface area contributed by atoms with Crippen LogP contribution in [-0.4, -0.2) is 38.7 Å². The van der Waals surface area contributed by atoms with E-state index in [1.807, 2.05) is 35.9 Å². The van der Waals surface area contributed by atoms with Gasteiger partial charge in [0.25, 0.3) is 0 Å². The van der Waals surface area contributed by atoms with Gasteiger partial charge < -0.3 is 10.2 Å². The third-order valence-electron chi connectivity index (χ3n) is 5.16. The molecule has 0 aliphatic carbocycles. The Hall–Kier alpha value is -2.60. The van der Waals surface area contributed by atoms with Crippen LogP contribution in [0.3, 0.4) is 0 Å². The minimum absolute atomic E-state index is 0.484. The van der Waals surface area contributed by atoms with E-state index in [1.54, 1.807) is 0 Å². The second-order valence-corrected chi connectivity index (χ2v) is 7.16. The highest BCUT2D eigenvalue weighted by molar-refractivity contribution is 5.64. The van der Waals surface area contributed by atoms with Gasteiger partial charge in [0.1, 0.15) is 0 Å². The van der Waals surface area contributed by atoms with Gasteiger partial charge in [0.05, 0.1) is 5.69 Å². The summed E-state index contributed by atoms with van der Waals surface area (Å²) in [6.07, 6.45) is 5.00. The molecule has 4 rings (SSSR count). The summed E-state index contributed by atoms with van der Waals surface area (Å²) in [4.78, 5) is 2.36. The molecule has 3 heterocycles. The SMILES string of the molecule is Cc1ccc(CN[C@H]2CCN(c3ccn(C)n3)C2)c(-c2ccnn2C)c1. The Morgan fingerprint density at radius 1 is 1.19 bits per heavy atom. The average molecular weight is 350 g/mol. The van der Waals surface area contributed by atoms with Crippen LogP contribution in [0, 0.1) is 6.92 Å². The molecule has 0 spiro atoms. The van der Waals surface area contributed by atoms with Crippen LogP contribution in [-0.2, 0) is 20.6 Å². The molecule has 2 aromatic heterocycles. The van der Waals surface area contributed by atoms with Gasteiger partial charge in [-0.15, -0.1) is 0 Å². The number of rotatable bonds is 5. The highest BCUT2D eigenvalue weighted by Crippen LogP contribution is 2.25. The first-order chi connectivity index (χ1) is 12.6. The van der Waals surface area contributed by atoms with Crippen molar-refractivity contribution in [1.29, 1.82) is 0 Å². The highest BCUT2D eigenvalue weighted by atomic mass is 15.3. The molecule has 1 atom stereocenters. The highest BCUT2D eigenvalue weighted by Gasteiger charge is 2.23. The fourth-order valence-corrected chi connectivity index (χ4v) is 3.68. The molecule has 3 aromatic rings. The molecular formula is C20H26N6. The van der Waals surface area contributed by atoms with Gasteiger partial charge in [-0.3, -0.25) is 9.36 Å². The first-order valence-electron chi connectivity index (χ1n) is 9.16. The first-order valence-corrected chi connectivity index (χ1v) is 9.16. The number of nitrogens with zero attached hydrogens (tertiary/aromatic N) is 5. The summed E-state index contributed by atoms with van der Waals surface area (Å²) in [5.74, 6) is 1.07. The maximum atomic E-state index is 4.52. The van der Waals surface area contributed by atoms with Crippen LogP contribution in [0.5, 0.6) is 0 Å². The van der Waals surface area contributed by atoms with Gasteiger partial charge in [0.15, 0.2) is 5.82 Å². The van der Waals surface area contributed by atoms with E-state index in [2.05, 4.69) is 57.7 Å². The van der Waals surface area contributed by atoms with E-state index in [0.717, 1.165) is 37.6 Å². The molecule has 0 radical (unpaired) electrons. The van der Waals surface area contributed by atoms with Crippen molar-refractivity contribution in [1.82, 2.24) is 24.9 Å². The Morgan fingerprint density at radius 3 is 2.81 bits per heavy atom. The standard InChI is InChI=1S/C20H26N6/c1-15-4-5-16(18(12-15)19-6-9-22-25(19)3)13-21-17-7-11-26(14-17)20-8-10-24(2)23-20/h4-6,8-10,12,17,21H,7,11,13-14H2,1-3H3/t17-/m0/s1. The number of hydrogen-bond donors (Lipinski definition) is 1. The third-order valence-corrected chi connectivity index (χ3v) is 5.16. The van der Waals surface area contributed by atoms with E-state index in [4.69, 9.17) is 0 Å². The predicted octanol–water partition coefficient (Wildman–Crippen LogP) is 2.50. The van der Waals surface area contributed by atoms with Crippen molar-refractivity contribution in [2.24, 2.45) is 14.1 Å². The molecule has 6 heteroatoms. The quantitative estimate of drug-likeness (QED) is 0.768. The molecule has 136 valence electrons. The third kappa shape index (κ3) is 3.37. The van der Waals surface area contributed by atoms with Crippen LogP contribution in [0.1, 0.15) is 17.5 Å². The van der Waals surface area contributed by atoms with Crippen molar-refractivity contribution in [3.63, 3.8) is 0 Å². The van der Waals surface area contributed by atoms with E-state index in [1.165, 1.54) is 16.7 Å². The van der Waals surface area contributed by atoms with Gasteiger partial charge in [-0.1, -0.05) is 17.7 Å². The fourth-order valence-electron chi connectivity index (χ4n) is 3.68. The van der Waals surface area contributed by atoms with E-state index in [0.29, 0.717) is 6.04 Å². The molecule has 1 saturated heterocycles. The lowest BCUT2D eigenvalue weighted by Gasteiger charge is -2.17. The molecule has 1 fully saturated rings. The second-order valence-electron chi connectivity index (χ2n) is 7.16. The molecule has 1 aliphatic rings. The van der Waals surface area contributed by atoms with Crippen molar-refractivity contribution < 1.29 is 0 Å². The van der Waals surface area contributed by atoms with E-state index in [-0.39, 0.29) is 0 Å². The summed E-state index contributed by atoms with van der Waals surface area (Å²) in [6, 6.07) is 11.3. The van der Waals surface area contributed by atoms with Gasteiger partial charge >= 0.3 is 0 Å². The largest absolute Gasteiger partial charge is 0.354 e. The van der Waals surface area contributed by atoms with Crippen LogP contribution in [0.15, 0.2) is 42.7 Å². The lowest BCUT2D eigenvalue weighted by atomic mass is 10.0. The van der Waals surface area contributed by atoms with Gasteiger partial charge in [-0.2, -0.15) is 10.2 Å². The lowest BCUT2D eigenvalue weighted by Crippen LogP contribution is -2.32. The molecule has 0 bridgehead atoms. The molecule has 0 saturated carbocycles. The Balaban J connectivity index is 1.45. The maximum Gasteiger partial charge on any atom is 0.150 e. The molecule has 1 N–H and O–H groups in total. The Bertz CT molecular complexity index is 893. The van der Waals surface area contributed by atoms with E-state index in [9.17, 15) is 0 Å². The number of nitrogens with one attached hydrogen (secondary N) is 1. The minimum atomic E-state index is 0.484. The zero-order valence-corrected chi connectivity index (χ0v) is 15.7. The van der Waals surface area contributed by atoms with Crippen molar-refractivity contribution in [3.05, 3.63) is 53.9 Å². The van der Waals surface area contributed by atoms with Gasteiger partial charge in [-0.25, -0.2) is 0 Å².